The van der Waals surface area contributed by atoms with Gasteiger partial charge in [0.25, 0.3) is 0 Å². The Kier molecular flexibility index (Phi) is 8.06. The first kappa shape index (κ1) is 20.3. The van der Waals surface area contributed by atoms with E-state index in [0.29, 0.717) is 6.54 Å². The maximum absolute atomic E-state index is 10.7. The number of halogens is 2. The summed E-state index contributed by atoms with van der Waals surface area (Å²) < 4.78 is 1.63. The summed E-state index contributed by atoms with van der Waals surface area (Å²) in [7, 11) is 0. The van der Waals surface area contributed by atoms with Gasteiger partial charge in [0, 0.05) is 44.6 Å². The minimum Gasteiger partial charge on any atom is -0.314 e. The summed E-state index contributed by atoms with van der Waals surface area (Å²) in [4.78, 5) is 16.8. The van der Waals surface area contributed by atoms with Crippen molar-refractivity contribution in [3.05, 3.63) is 52.6 Å². The van der Waals surface area contributed by atoms with E-state index in [-0.39, 0.29) is 36.5 Å². The Morgan fingerprint density at radius 1 is 1.33 bits per heavy atom. The third kappa shape index (κ3) is 4.88. The van der Waals surface area contributed by atoms with Crippen LogP contribution in [0.5, 0.6) is 0 Å². The average molecular weight is 375 g/mol. The third-order valence-corrected chi connectivity index (χ3v) is 3.87. The fraction of sp³-hybridized carbons (Fsp3) is 0.429. The molecular weight excluding hydrogens is 355 g/mol. The standard InChI is InChI=1S/C14H18N6O2.2ClH/c21-20(22)13-9-17-19(11-13)7-6-18-5-4-16-10-14(18)12-2-1-3-15-8-12;;/h1-3,8-9,11,14,16H,4-7,10H2;2*1H. The predicted octanol–water partition coefficient (Wildman–Crippen LogP) is 1.68. The van der Waals surface area contributed by atoms with Gasteiger partial charge in [-0.25, -0.2) is 0 Å². The van der Waals surface area contributed by atoms with Crippen LogP contribution in [0.15, 0.2) is 36.9 Å². The van der Waals surface area contributed by atoms with Crippen LogP contribution in [0.1, 0.15) is 11.6 Å². The molecular formula is C14H20Cl2N6O2. The first-order chi connectivity index (χ1) is 10.7. The fourth-order valence-electron chi connectivity index (χ4n) is 2.72. The monoisotopic (exact) mass is 374 g/mol. The van der Waals surface area contributed by atoms with Gasteiger partial charge in [0.15, 0.2) is 0 Å². The first-order valence-corrected chi connectivity index (χ1v) is 7.25. The Morgan fingerprint density at radius 3 is 2.83 bits per heavy atom. The maximum Gasteiger partial charge on any atom is 0.306 e. The van der Waals surface area contributed by atoms with Crippen molar-refractivity contribution in [1.82, 2.24) is 25.0 Å². The van der Waals surface area contributed by atoms with E-state index in [4.69, 9.17) is 0 Å². The lowest BCUT2D eigenvalue weighted by atomic mass is 10.1. The molecule has 0 aliphatic carbocycles. The molecule has 1 aliphatic rings. The zero-order valence-corrected chi connectivity index (χ0v) is 14.6. The number of hydrogen-bond acceptors (Lipinski definition) is 6. The number of rotatable bonds is 5. The largest absolute Gasteiger partial charge is 0.314 e. The normalized spacial score (nSPS) is 17.6. The zero-order valence-electron chi connectivity index (χ0n) is 12.9. The molecule has 1 fully saturated rings. The summed E-state index contributed by atoms with van der Waals surface area (Å²) in [5, 5.41) is 18.1. The number of hydrogen-bond donors (Lipinski definition) is 1. The van der Waals surface area contributed by atoms with Gasteiger partial charge in [0.2, 0.25) is 0 Å². The number of piperazine rings is 1. The summed E-state index contributed by atoms with van der Waals surface area (Å²) in [5.74, 6) is 0. The van der Waals surface area contributed by atoms with Crippen molar-refractivity contribution in [2.75, 3.05) is 26.2 Å². The Labute approximate surface area is 152 Å². The molecule has 0 aromatic carbocycles. The van der Waals surface area contributed by atoms with Crippen molar-refractivity contribution in [2.24, 2.45) is 0 Å². The minimum atomic E-state index is -0.424. The summed E-state index contributed by atoms with van der Waals surface area (Å²) in [6.45, 7) is 4.18. The zero-order chi connectivity index (χ0) is 15.4. The highest BCUT2D eigenvalue weighted by Crippen LogP contribution is 2.21. The lowest BCUT2D eigenvalue weighted by Crippen LogP contribution is -2.47. The van der Waals surface area contributed by atoms with E-state index in [9.17, 15) is 10.1 Å². The lowest BCUT2D eigenvalue weighted by Gasteiger charge is -2.36. The van der Waals surface area contributed by atoms with Gasteiger partial charge in [-0.2, -0.15) is 5.10 Å². The molecule has 1 unspecified atom stereocenters. The summed E-state index contributed by atoms with van der Waals surface area (Å²) in [5.41, 5.74) is 1.21. The molecule has 3 rings (SSSR count). The van der Waals surface area contributed by atoms with E-state index in [1.165, 1.54) is 18.0 Å². The maximum atomic E-state index is 10.7. The van der Waals surface area contributed by atoms with E-state index < -0.39 is 4.92 Å². The Hall–Kier alpha value is -1.74. The van der Waals surface area contributed by atoms with Crippen molar-refractivity contribution in [2.45, 2.75) is 12.6 Å². The lowest BCUT2D eigenvalue weighted by molar-refractivity contribution is -0.385. The van der Waals surface area contributed by atoms with Crippen LogP contribution in [0, 0.1) is 10.1 Å². The second-order valence-electron chi connectivity index (χ2n) is 5.26. The number of nitro groups is 1. The molecule has 1 N–H and O–H groups in total. The van der Waals surface area contributed by atoms with Gasteiger partial charge < -0.3 is 5.32 Å². The highest BCUT2D eigenvalue weighted by Gasteiger charge is 2.23. The van der Waals surface area contributed by atoms with Gasteiger partial charge in [-0.15, -0.1) is 24.8 Å². The van der Waals surface area contributed by atoms with Crippen molar-refractivity contribution >= 4 is 30.5 Å². The van der Waals surface area contributed by atoms with Crippen molar-refractivity contribution < 1.29 is 4.92 Å². The van der Waals surface area contributed by atoms with Crippen LogP contribution in [-0.2, 0) is 6.54 Å². The fourth-order valence-corrected chi connectivity index (χ4v) is 2.72. The molecule has 3 heterocycles. The summed E-state index contributed by atoms with van der Waals surface area (Å²) in [6.07, 6.45) is 6.42. The third-order valence-electron chi connectivity index (χ3n) is 3.87. The molecule has 8 nitrogen and oxygen atoms in total. The molecule has 24 heavy (non-hydrogen) atoms. The van der Waals surface area contributed by atoms with Crippen LogP contribution in [0.2, 0.25) is 0 Å². The Morgan fingerprint density at radius 2 is 2.17 bits per heavy atom. The summed E-state index contributed by atoms with van der Waals surface area (Å²) >= 11 is 0. The van der Waals surface area contributed by atoms with Gasteiger partial charge in [-0.1, -0.05) is 6.07 Å². The van der Waals surface area contributed by atoms with Crippen LogP contribution in [0.3, 0.4) is 0 Å². The Bertz CT molecular complexity index is 639. The molecule has 1 aliphatic heterocycles. The molecule has 0 radical (unpaired) electrons. The van der Waals surface area contributed by atoms with E-state index in [1.54, 1.807) is 10.9 Å². The number of pyridine rings is 1. The molecule has 0 spiro atoms. The van der Waals surface area contributed by atoms with Crippen molar-refractivity contribution in [1.29, 1.82) is 0 Å². The minimum absolute atomic E-state index is 0. The van der Waals surface area contributed by atoms with Gasteiger partial charge in [-0.05, 0) is 11.6 Å². The van der Waals surface area contributed by atoms with Crippen molar-refractivity contribution in [3.8, 4) is 0 Å². The average Bonchev–Trinajstić information content (AvgIpc) is 3.03. The van der Waals surface area contributed by atoms with Gasteiger partial charge in [0.05, 0.1) is 11.5 Å². The molecule has 0 saturated carbocycles. The van der Waals surface area contributed by atoms with Gasteiger partial charge in [-0.3, -0.25) is 24.7 Å². The number of nitrogens with zero attached hydrogens (tertiary/aromatic N) is 5. The second kappa shape index (κ2) is 9.53. The SMILES string of the molecule is Cl.Cl.O=[N+]([O-])c1cnn(CCN2CCNCC2c2cccnc2)c1. The number of nitrogens with one attached hydrogen (secondary N) is 1. The second-order valence-corrected chi connectivity index (χ2v) is 5.26. The number of aromatic nitrogens is 3. The first-order valence-electron chi connectivity index (χ1n) is 7.25. The van der Waals surface area contributed by atoms with Crippen LogP contribution in [-0.4, -0.2) is 50.8 Å². The molecule has 2 aromatic rings. The molecule has 1 atom stereocenters. The molecule has 1 saturated heterocycles. The molecule has 132 valence electrons. The molecule has 10 heteroatoms. The summed E-state index contributed by atoms with van der Waals surface area (Å²) in [6, 6.07) is 4.29. The van der Waals surface area contributed by atoms with Gasteiger partial charge >= 0.3 is 5.69 Å². The van der Waals surface area contributed by atoms with E-state index in [2.05, 4.69) is 26.4 Å². The highest BCUT2D eigenvalue weighted by atomic mass is 35.5. The van der Waals surface area contributed by atoms with Crippen molar-refractivity contribution in [3.63, 3.8) is 0 Å². The predicted molar refractivity (Wildman–Crippen MR) is 94.8 cm³/mol. The quantitative estimate of drug-likeness (QED) is 0.632. The van der Waals surface area contributed by atoms with Gasteiger partial charge in [0.1, 0.15) is 12.4 Å². The molecule has 0 bridgehead atoms. The van der Waals surface area contributed by atoms with Crippen LogP contribution in [0.4, 0.5) is 5.69 Å². The van der Waals surface area contributed by atoms with E-state index >= 15 is 0 Å². The molecule has 0 amide bonds. The Balaban J connectivity index is 0.00000144. The van der Waals surface area contributed by atoms with Crippen LogP contribution < -0.4 is 5.32 Å². The smallest absolute Gasteiger partial charge is 0.306 e. The molecule has 2 aromatic heterocycles. The topological polar surface area (TPSA) is 89.1 Å². The van der Waals surface area contributed by atoms with E-state index in [0.717, 1.165) is 26.2 Å². The highest BCUT2D eigenvalue weighted by molar-refractivity contribution is 5.85. The van der Waals surface area contributed by atoms with Crippen LogP contribution in [0.25, 0.3) is 0 Å². The van der Waals surface area contributed by atoms with E-state index in [1.807, 2.05) is 12.3 Å². The van der Waals surface area contributed by atoms with Crippen LogP contribution >= 0.6 is 24.8 Å².